The highest BCUT2D eigenvalue weighted by Gasteiger charge is 2.09. The second-order valence-electron chi connectivity index (χ2n) is 4.78. The third-order valence-electron chi connectivity index (χ3n) is 3.01. The van der Waals surface area contributed by atoms with E-state index in [1.54, 1.807) is 19.2 Å². The smallest absolute Gasteiger partial charge is 0.273 e. The van der Waals surface area contributed by atoms with Gasteiger partial charge in [0.2, 0.25) is 0 Å². The maximum absolute atomic E-state index is 10.9. The van der Waals surface area contributed by atoms with E-state index in [9.17, 15) is 10.1 Å². The highest BCUT2D eigenvalue weighted by molar-refractivity contribution is 5.63. The van der Waals surface area contributed by atoms with Gasteiger partial charge in [-0.25, -0.2) is 0 Å². The van der Waals surface area contributed by atoms with Gasteiger partial charge in [-0.1, -0.05) is 0 Å². The van der Waals surface area contributed by atoms with Gasteiger partial charge in [0.15, 0.2) is 0 Å². The van der Waals surface area contributed by atoms with Gasteiger partial charge < -0.3 is 20.3 Å². The summed E-state index contributed by atoms with van der Waals surface area (Å²) in [4.78, 5) is 12.7. The van der Waals surface area contributed by atoms with Gasteiger partial charge in [0.25, 0.3) is 5.69 Å². The Morgan fingerprint density at radius 1 is 1.24 bits per heavy atom. The molecule has 7 nitrogen and oxygen atoms in total. The quantitative estimate of drug-likeness (QED) is 0.508. The average Bonchev–Trinajstić information content (AvgIpc) is 2.45. The average molecular weight is 296 g/mol. The lowest BCUT2D eigenvalue weighted by atomic mass is 10.2. The van der Waals surface area contributed by atoms with Crippen molar-refractivity contribution in [2.45, 2.75) is 6.92 Å². The summed E-state index contributed by atoms with van der Waals surface area (Å²) < 4.78 is 5.02. The number of rotatable bonds is 10. The molecule has 0 aromatic heterocycles. The van der Waals surface area contributed by atoms with Crippen LogP contribution in [0.4, 0.5) is 17.1 Å². The molecule has 0 bridgehead atoms. The van der Waals surface area contributed by atoms with Gasteiger partial charge in [0.1, 0.15) is 0 Å². The van der Waals surface area contributed by atoms with E-state index in [4.69, 9.17) is 4.74 Å². The summed E-state index contributed by atoms with van der Waals surface area (Å²) in [5, 5.41) is 17.3. The molecule has 0 radical (unpaired) electrons. The molecule has 0 atom stereocenters. The molecular formula is C14H24N4O3. The molecule has 0 aliphatic heterocycles. The van der Waals surface area contributed by atoms with Crippen molar-refractivity contribution in [3.63, 3.8) is 0 Å². The molecule has 2 N–H and O–H groups in total. The van der Waals surface area contributed by atoms with Crippen molar-refractivity contribution in [1.29, 1.82) is 0 Å². The Kier molecular flexibility index (Phi) is 7.49. The highest BCUT2D eigenvalue weighted by Crippen LogP contribution is 2.24. The number of nitro benzene ring substituents is 1. The lowest BCUT2D eigenvalue weighted by molar-refractivity contribution is -0.384. The molecule has 1 rings (SSSR count). The minimum Gasteiger partial charge on any atom is -0.385 e. The topological polar surface area (TPSA) is 79.7 Å². The molecule has 0 heterocycles. The van der Waals surface area contributed by atoms with Crippen LogP contribution in [0.15, 0.2) is 18.2 Å². The maximum atomic E-state index is 10.9. The van der Waals surface area contributed by atoms with Gasteiger partial charge in [-0.3, -0.25) is 10.1 Å². The number of benzene rings is 1. The van der Waals surface area contributed by atoms with E-state index in [-0.39, 0.29) is 10.6 Å². The molecule has 0 saturated carbocycles. The minimum atomic E-state index is -0.378. The Labute approximate surface area is 125 Å². The molecule has 0 aliphatic carbocycles. The van der Waals surface area contributed by atoms with Crippen molar-refractivity contribution < 1.29 is 9.66 Å². The third kappa shape index (κ3) is 6.42. The van der Waals surface area contributed by atoms with Crippen LogP contribution in [0.3, 0.4) is 0 Å². The third-order valence-corrected chi connectivity index (χ3v) is 3.01. The van der Waals surface area contributed by atoms with E-state index < -0.39 is 0 Å². The predicted octanol–water partition coefficient (Wildman–Crippen LogP) is 2.02. The zero-order valence-electron chi connectivity index (χ0n) is 12.9. The van der Waals surface area contributed by atoms with Gasteiger partial charge in [0, 0.05) is 56.8 Å². The second-order valence-corrected chi connectivity index (χ2v) is 4.78. The fourth-order valence-electron chi connectivity index (χ4n) is 1.87. The first-order valence-electron chi connectivity index (χ1n) is 7.01. The summed E-state index contributed by atoms with van der Waals surface area (Å²) in [5.74, 6) is 0. The van der Waals surface area contributed by atoms with Gasteiger partial charge >= 0.3 is 0 Å². The number of hydrogen-bond acceptors (Lipinski definition) is 6. The summed E-state index contributed by atoms with van der Waals surface area (Å²) in [6, 6.07) is 4.97. The molecule has 0 spiro atoms. The number of non-ortho nitro benzene ring substituents is 1. The highest BCUT2D eigenvalue weighted by atomic mass is 16.6. The zero-order chi connectivity index (χ0) is 15.7. The Morgan fingerprint density at radius 2 is 1.90 bits per heavy atom. The van der Waals surface area contributed by atoms with Crippen LogP contribution in [0.5, 0.6) is 0 Å². The van der Waals surface area contributed by atoms with Crippen LogP contribution < -0.4 is 10.6 Å². The Balaban J connectivity index is 2.59. The lowest BCUT2D eigenvalue weighted by Gasteiger charge is -2.17. The van der Waals surface area contributed by atoms with E-state index in [2.05, 4.69) is 15.5 Å². The second kappa shape index (κ2) is 9.15. The SMILES string of the molecule is CCNc1cc(NCCN(C)CCOC)cc([N+](=O)[O-])c1. The molecule has 7 heteroatoms. The first-order valence-corrected chi connectivity index (χ1v) is 7.01. The number of nitrogens with zero attached hydrogens (tertiary/aromatic N) is 2. The first-order chi connectivity index (χ1) is 10.1. The molecule has 118 valence electrons. The normalized spacial score (nSPS) is 10.7. The van der Waals surface area contributed by atoms with E-state index in [0.717, 1.165) is 31.0 Å². The van der Waals surface area contributed by atoms with Crippen molar-refractivity contribution >= 4 is 17.1 Å². The Hall–Kier alpha value is -1.86. The fraction of sp³-hybridized carbons (Fsp3) is 0.571. The van der Waals surface area contributed by atoms with Crippen molar-refractivity contribution in [2.24, 2.45) is 0 Å². The molecule has 0 fully saturated rings. The van der Waals surface area contributed by atoms with Crippen LogP contribution in [0.25, 0.3) is 0 Å². The van der Waals surface area contributed by atoms with Crippen molar-refractivity contribution in [3.05, 3.63) is 28.3 Å². The van der Waals surface area contributed by atoms with Gasteiger partial charge in [0.05, 0.1) is 11.5 Å². The maximum Gasteiger partial charge on any atom is 0.273 e. The van der Waals surface area contributed by atoms with E-state index in [0.29, 0.717) is 13.2 Å². The number of methoxy groups -OCH3 is 1. The molecule has 0 amide bonds. The number of nitro groups is 1. The number of likely N-dealkylation sites (N-methyl/N-ethyl adjacent to an activating group) is 1. The van der Waals surface area contributed by atoms with Crippen LogP contribution in [-0.4, -0.2) is 56.8 Å². The summed E-state index contributed by atoms with van der Waals surface area (Å²) in [6.07, 6.45) is 0. The number of ether oxygens (including phenoxy) is 1. The summed E-state index contributed by atoms with van der Waals surface area (Å²) >= 11 is 0. The molecule has 0 unspecified atom stereocenters. The van der Waals surface area contributed by atoms with Gasteiger partial charge in [-0.15, -0.1) is 0 Å². The van der Waals surface area contributed by atoms with Crippen molar-refractivity contribution in [1.82, 2.24) is 4.90 Å². The first kappa shape index (κ1) is 17.2. The van der Waals surface area contributed by atoms with Gasteiger partial charge in [-0.05, 0) is 20.0 Å². The van der Waals surface area contributed by atoms with Crippen molar-refractivity contribution in [2.75, 3.05) is 57.6 Å². The lowest BCUT2D eigenvalue weighted by Crippen LogP contribution is -2.28. The molecular weight excluding hydrogens is 272 g/mol. The molecule has 1 aromatic carbocycles. The molecule has 21 heavy (non-hydrogen) atoms. The van der Waals surface area contributed by atoms with Gasteiger partial charge in [-0.2, -0.15) is 0 Å². The molecule has 0 aliphatic rings. The number of hydrogen-bond donors (Lipinski definition) is 2. The predicted molar refractivity (Wildman–Crippen MR) is 85.1 cm³/mol. The number of anilines is 2. The monoisotopic (exact) mass is 296 g/mol. The van der Waals surface area contributed by atoms with E-state index in [1.165, 1.54) is 0 Å². The van der Waals surface area contributed by atoms with Crippen LogP contribution in [-0.2, 0) is 4.74 Å². The van der Waals surface area contributed by atoms with E-state index in [1.807, 2.05) is 20.0 Å². The standard InChI is InChI=1S/C14H24N4O3/c1-4-15-12-9-13(11-14(10-12)18(19)20)16-5-6-17(2)7-8-21-3/h9-11,15-16H,4-8H2,1-3H3. The summed E-state index contributed by atoms with van der Waals surface area (Å²) in [6.45, 7) is 5.78. The minimum absolute atomic E-state index is 0.0867. The van der Waals surface area contributed by atoms with E-state index >= 15 is 0 Å². The Morgan fingerprint density at radius 3 is 2.48 bits per heavy atom. The zero-order valence-corrected chi connectivity index (χ0v) is 12.9. The van der Waals surface area contributed by atoms with Crippen molar-refractivity contribution in [3.8, 4) is 0 Å². The number of nitrogens with one attached hydrogen (secondary N) is 2. The summed E-state index contributed by atoms with van der Waals surface area (Å²) in [7, 11) is 3.69. The van der Waals surface area contributed by atoms with Crippen LogP contribution >= 0.6 is 0 Å². The van der Waals surface area contributed by atoms with Crippen LogP contribution in [0.2, 0.25) is 0 Å². The molecule has 0 saturated heterocycles. The van der Waals surface area contributed by atoms with Crippen LogP contribution in [0, 0.1) is 10.1 Å². The largest absolute Gasteiger partial charge is 0.385 e. The Bertz CT molecular complexity index is 454. The summed E-state index contributed by atoms with van der Waals surface area (Å²) in [5.41, 5.74) is 1.59. The fourth-order valence-corrected chi connectivity index (χ4v) is 1.87. The van der Waals surface area contributed by atoms with Crippen LogP contribution in [0.1, 0.15) is 6.92 Å². The molecule has 1 aromatic rings.